The fraction of sp³-hybridized carbons (Fsp3) is 0.375. The molecular formula is C16H22N2O2. The van der Waals surface area contributed by atoms with E-state index in [1.54, 1.807) is 6.26 Å². The van der Waals surface area contributed by atoms with Crippen LogP contribution in [0, 0.1) is 0 Å². The monoisotopic (exact) mass is 274 g/mol. The van der Waals surface area contributed by atoms with E-state index in [4.69, 9.17) is 15.0 Å². The average molecular weight is 274 g/mol. The molecule has 0 radical (unpaired) electrons. The maximum atomic E-state index is 5.87. The van der Waals surface area contributed by atoms with Gasteiger partial charge < -0.3 is 9.15 Å². The lowest BCUT2D eigenvalue weighted by Gasteiger charge is -2.21. The standard InChI is InChI=1S/C16H22N2O2/c1-4-14-13(9-10-19-14)16(18-17)12-7-5-6-8-15(12)20-11(2)3/h5-11,16,18H,4,17H2,1-3H3. The van der Waals surface area contributed by atoms with Gasteiger partial charge in [-0.05, 0) is 26.0 Å². The number of furan rings is 1. The molecular weight excluding hydrogens is 252 g/mol. The molecule has 0 aliphatic rings. The molecule has 20 heavy (non-hydrogen) atoms. The smallest absolute Gasteiger partial charge is 0.124 e. The molecule has 0 bridgehead atoms. The molecule has 2 aromatic rings. The molecule has 1 unspecified atom stereocenters. The third-order valence-electron chi connectivity index (χ3n) is 3.17. The Morgan fingerprint density at radius 2 is 1.95 bits per heavy atom. The molecule has 1 atom stereocenters. The van der Waals surface area contributed by atoms with Crippen molar-refractivity contribution in [3.8, 4) is 5.75 Å². The van der Waals surface area contributed by atoms with Crippen LogP contribution < -0.4 is 16.0 Å². The van der Waals surface area contributed by atoms with Crippen molar-refractivity contribution in [1.82, 2.24) is 5.43 Å². The Morgan fingerprint density at radius 3 is 2.60 bits per heavy atom. The number of para-hydroxylation sites is 1. The van der Waals surface area contributed by atoms with E-state index in [-0.39, 0.29) is 12.1 Å². The molecule has 108 valence electrons. The van der Waals surface area contributed by atoms with Gasteiger partial charge in [-0.1, -0.05) is 25.1 Å². The number of hydrogen-bond acceptors (Lipinski definition) is 4. The molecule has 0 spiro atoms. The normalized spacial score (nSPS) is 12.7. The van der Waals surface area contributed by atoms with Gasteiger partial charge in [0.05, 0.1) is 18.4 Å². The van der Waals surface area contributed by atoms with Gasteiger partial charge in [0.25, 0.3) is 0 Å². The SMILES string of the molecule is CCc1occc1C(NN)c1ccccc1OC(C)C. The first kappa shape index (κ1) is 14.6. The highest BCUT2D eigenvalue weighted by Crippen LogP contribution is 2.32. The molecule has 1 aromatic carbocycles. The van der Waals surface area contributed by atoms with Gasteiger partial charge >= 0.3 is 0 Å². The van der Waals surface area contributed by atoms with Crippen LogP contribution in [0.2, 0.25) is 0 Å². The molecule has 0 saturated carbocycles. The minimum absolute atomic E-state index is 0.115. The van der Waals surface area contributed by atoms with Crippen LogP contribution in [0.3, 0.4) is 0 Å². The van der Waals surface area contributed by atoms with Crippen molar-refractivity contribution in [2.45, 2.75) is 39.3 Å². The lowest BCUT2D eigenvalue weighted by atomic mass is 9.98. The molecule has 1 heterocycles. The predicted molar refractivity (Wildman–Crippen MR) is 79.5 cm³/mol. The van der Waals surface area contributed by atoms with E-state index in [0.29, 0.717) is 0 Å². The van der Waals surface area contributed by atoms with Crippen molar-refractivity contribution in [2.24, 2.45) is 5.84 Å². The first-order valence-corrected chi connectivity index (χ1v) is 6.95. The van der Waals surface area contributed by atoms with Crippen LogP contribution in [0.1, 0.15) is 43.7 Å². The Kier molecular flexibility index (Phi) is 4.82. The predicted octanol–water partition coefficient (Wildman–Crippen LogP) is 3.18. The Labute approximate surface area is 119 Å². The summed E-state index contributed by atoms with van der Waals surface area (Å²) in [5.74, 6) is 7.55. The summed E-state index contributed by atoms with van der Waals surface area (Å²) >= 11 is 0. The minimum Gasteiger partial charge on any atom is -0.491 e. The number of hydrogen-bond donors (Lipinski definition) is 2. The van der Waals surface area contributed by atoms with Crippen LogP contribution in [0.25, 0.3) is 0 Å². The highest BCUT2D eigenvalue weighted by molar-refractivity contribution is 5.42. The quantitative estimate of drug-likeness (QED) is 0.627. The number of hydrazine groups is 1. The summed E-state index contributed by atoms with van der Waals surface area (Å²) in [6.07, 6.45) is 2.64. The zero-order valence-electron chi connectivity index (χ0n) is 12.2. The van der Waals surface area contributed by atoms with E-state index in [2.05, 4.69) is 12.3 Å². The van der Waals surface area contributed by atoms with Crippen molar-refractivity contribution < 1.29 is 9.15 Å². The highest BCUT2D eigenvalue weighted by Gasteiger charge is 2.21. The number of rotatable bonds is 6. The second-order valence-corrected chi connectivity index (χ2v) is 4.96. The molecule has 0 fully saturated rings. The summed E-state index contributed by atoms with van der Waals surface area (Å²) in [7, 11) is 0. The van der Waals surface area contributed by atoms with Crippen LogP contribution in [0.4, 0.5) is 0 Å². The summed E-state index contributed by atoms with van der Waals surface area (Å²) in [6.45, 7) is 6.08. The fourth-order valence-electron chi connectivity index (χ4n) is 2.32. The van der Waals surface area contributed by atoms with Gasteiger partial charge in [-0.15, -0.1) is 0 Å². The second-order valence-electron chi connectivity index (χ2n) is 4.96. The second kappa shape index (κ2) is 6.59. The van der Waals surface area contributed by atoms with Gasteiger partial charge in [-0.2, -0.15) is 0 Å². The summed E-state index contributed by atoms with van der Waals surface area (Å²) < 4.78 is 11.4. The van der Waals surface area contributed by atoms with E-state index >= 15 is 0 Å². The maximum absolute atomic E-state index is 5.87. The molecule has 4 nitrogen and oxygen atoms in total. The van der Waals surface area contributed by atoms with E-state index in [0.717, 1.165) is 29.1 Å². The van der Waals surface area contributed by atoms with Gasteiger partial charge in [0.15, 0.2) is 0 Å². The molecule has 0 amide bonds. The molecule has 0 saturated heterocycles. The largest absolute Gasteiger partial charge is 0.491 e. The number of benzene rings is 1. The van der Waals surface area contributed by atoms with Gasteiger partial charge in [0, 0.05) is 17.5 Å². The fourth-order valence-corrected chi connectivity index (χ4v) is 2.32. The van der Waals surface area contributed by atoms with E-state index < -0.39 is 0 Å². The topological polar surface area (TPSA) is 60.4 Å². The van der Waals surface area contributed by atoms with Crippen molar-refractivity contribution in [2.75, 3.05) is 0 Å². The van der Waals surface area contributed by atoms with E-state index in [9.17, 15) is 0 Å². The first-order chi connectivity index (χ1) is 9.67. The number of ether oxygens (including phenoxy) is 1. The van der Waals surface area contributed by atoms with Crippen LogP contribution in [0.5, 0.6) is 5.75 Å². The van der Waals surface area contributed by atoms with Gasteiger partial charge in [-0.25, -0.2) is 5.43 Å². The summed E-state index contributed by atoms with van der Waals surface area (Å²) in [6, 6.07) is 9.75. The Balaban J connectivity index is 2.42. The minimum atomic E-state index is -0.140. The summed E-state index contributed by atoms with van der Waals surface area (Å²) in [5.41, 5.74) is 4.93. The van der Waals surface area contributed by atoms with E-state index in [1.807, 2.05) is 44.2 Å². The maximum Gasteiger partial charge on any atom is 0.124 e. The average Bonchev–Trinajstić information content (AvgIpc) is 2.89. The first-order valence-electron chi connectivity index (χ1n) is 6.95. The molecule has 2 rings (SSSR count). The van der Waals surface area contributed by atoms with Crippen molar-refractivity contribution in [1.29, 1.82) is 0 Å². The zero-order valence-corrected chi connectivity index (χ0v) is 12.2. The van der Waals surface area contributed by atoms with Crippen LogP contribution in [-0.4, -0.2) is 6.10 Å². The van der Waals surface area contributed by atoms with Crippen molar-refractivity contribution in [3.05, 3.63) is 53.5 Å². The molecule has 3 N–H and O–H groups in total. The van der Waals surface area contributed by atoms with Gasteiger partial charge in [0.1, 0.15) is 11.5 Å². The van der Waals surface area contributed by atoms with Crippen LogP contribution >= 0.6 is 0 Å². The summed E-state index contributed by atoms with van der Waals surface area (Å²) in [5, 5.41) is 0. The summed E-state index contributed by atoms with van der Waals surface area (Å²) in [4.78, 5) is 0. The zero-order chi connectivity index (χ0) is 14.5. The van der Waals surface area contributed by atoms with Crippen molar-refractivity contribution >= 4 is 0 Å². The Bertz CT molecular complexity index is 549. The Hall–Kier alpha value is -1.78. The van der Waals surface area contributed by atoms with Crippen LogP contribution in [0.15, 0.2) is 41.0 Å². The Morgan fingerprint density at radius 1 is 1.20 bits per heavy atom. The molecule has 0 aliphatic heterocycles. The van der Waals surface area contributed by atoms with E-state index in [1.165, 1.54) is 0 Å². The number of nitrogens with two attached hydrogens (primary N) is 1. The molecule has 4 heteroatoms. The third kappa shape index (κ3) is 3.03. The number of nitrogens with one attached hydrogen (secondary N) is 1. The number of aryl methyl sites for hydroxylation is 1. The molecule has 1 aromatic heterocycles. The van der Waals surface area contributed by atoms with Crippen LogP contribution in [-0.2, 0) is 6.42 Å². The molecule has 0 aliphatic carbocycles. The third-order valence-corrected chi connectivity index (χ3v) is 3.17. The van der Waals surface area contributed by atoms with Gasteiger partial charge in [0.2, 0.25) is 0 Å². The lowest BCUT2D eigenvalue weighted by molar-refractivity contribution is 0.238. The highest BCUT2D eigenvalue weighted by atomic mass is 16.5. The van der Waals surface area contributed by atoms with Crippen molar-refractivity contribution in [3.63, 3.8) is 0 Å². The lowest BCUT2D eigenvalue weighted by Crippen LogP contribution is -2.29. The van der Waals surface area contributed by atoms with Gasteiger partial charge in [-0.3, -0.25) is 5.84 Å².